The fourth-order valence-corrected chi connectivity index (χ4v) is 1.92. The van der Waals surface area contributed by atoms with Gasteiger partial charge in [0.2, 0.25) is 5.91 Å². The molecule has 1 aliphatic heterocycles. The van der Waals surface area contributed by atoms with Crippen LogP contribution in [0.4, 0.5) is 0 Å². The van der Waals surface area contributed by atoms with E-state index < -0.39 is 0 Å². The number of carbonyl (C=O) groups excluding carboxylic acids is 3. The number of hydrogen-bond donors (Lipinski definition) is 1. The molecule has 5 nitrogen and oxygen atoms in total. The van der Waals surface area contributed by atoms with E-state index in [1.54, 1.807) is 0 Å². The van der Waals surface area contributed by atoms with Crippen molar-refractivity contribution in [2.24, 2.45) is 0 Å². The highest BCUT2D eigenvalue weighted by atomic mass is 16.2. The molecule has 19 heavy (non-hydrogen) atoms. The van der Waals surface area contributed by atoms with Crippen LogP contribution in [0.15, 0.2) is 12.2 Å². The van der Waals surface area contributed by atoms with E-state index in [0.717, 1.165) is 17.7 Å². The smallest absolute Gasteiger partial charge is 0.253 e. The summed E-state index contributed by atoms with van der Waals surface area (Å²) in [5.41, 5.74) is 0. The van der Waals surface area contributed by atoms with Crippen molar-refractivity contribution in [1.82, 2.24) is 10.2 Å². The van der Waals surface area contributed by atoms with Gasteiger partial charge < -0.3 is 5.32 Å². The third-order valence-corrected chi connectivity index (χ3v) is 3.04. The zero-order chi connectivity index (χ0) is 14.1. The van der Waals surface area contributed by atoms with Gasteiger partial charge in [-0.05, 0) is 12.8 Å². The molecule has 0 unspecified atom stereocenters. The first-order valence-corrected chi connectivity index (χ1v) is 6.95. The normalized spacial score (nSPS) is 14.3. The molecule has 0 aromatic heterocycles. The Morgan fingerprint density at radius 1 is 1.11 bits per heavy atom. The van der Waals surface area contributed by atoms with E-state index >= 15 is 0 Å². The summed E-state index contributed by atoms with van der Waals surface area (Å²) in [5, 5.41) is 2.85. The maximum Gasteiger partial charge on any atom is 0.253 e. The van der Waals surface area contributed by atoms with Gasteiger partial charge in [0.15, 0.2) is 0 Å². The first-order chi connectivity index (χ1) is 9.15. The van der Waals surface area contributed by atoms with Gasteiger partial charge in [0.05, 0.1) is 0 Å². The lowest BCUT2D eigenvalue weighted by Gasteiger charge is -2.13. The molecule has 0 fully saturated rings. The molecule has 0 spiro atoms. The Hall–Kier alpha value is -1.65. The van der Waals surface area contributed by atoms with Crippen molar-refractivity contribution in [3.05, 3.63) is 12.2 Å². The fraction of sp³-hybridized carbons (Fsp3) is 0.643. The van der Waals surface area contributed by atoms with Crippen molar-refractivity contribution in [3.63, 3.8) is 0 Å². The first kappa shape index (κ1) is 15.4. The van der Waals surface area contributed by atoms with Crippen molar-refractivity contribution in [2.45, 2.75) is 45.4 Å². The SMILES string of the molecule is CCCCCCNC(=O)CCCN1C(=O)C=CC1=O. The number of imide groups is 1. The average Bonchev–Trinajstić information content (AvgIpc) is 2.70. The van der Waals surface area contributed by atoms with Gasteiger partial charge in [-0.3, -0.25) is 19.3 Å². The fourth-order valence-electron chi connectivity index (χ4n) is 1.92. The zero-order valence-electron chi connectivity index (χ0n) is 11.5. The molecular formula is C14H22N2O3. The van der Waals surface area contributed by atoms with Gasteiger partial charge in [-0.25, -0.2) is 0 Å². The highest BCUT2D eigenvalue weighted by Crippen LogP contribution is 2.05. The molecule has 0 atom stereocenters. The Kier molecular flexibility index (Phi) is 6.85. The van der Waals surface area contributed by atoms with Crippen LogP contribution >= 0.6 is 0 Å². The monoisotopic (exact) mass is 266 g/mol. The standard InChI is InChI=1S/C14H22N2O3/c1-2-3-4-5-10-15-12(17)7-6-11-16-13(18)8-9-14(16)19/h8-9H,2-7,10-11H2,1H3,(H,15,17). The topological polar surface area (TPSA) is 66.5 Å². The largest absolute Gasteiger partial charge is 0.356 e. The summed E-state index contributed by atoms with van der Waals surface area (Å²) in [7, 11) is 0. The Labute approximate surface area is 114 Å². The second-order valence-corrected chi connectivity index (χ2v) is 4.68. The Balaban J connectivity index is 2.04. The maximum absolute atomic E-state index is 11.5. The molecule has 1 rings (SSSR count). The van der Waals surface area contributed by atoms with Crippen LogP contribution in [0.1, 0.15) is 45.4 Å². The van der Waals surface area contributed by atoms with Crippen LogP contribution in [0.5, 0.6) is 0 Å². The molecule has 0 aromatic rings. The number of amides is 3. The molecule has 1 heterocycles. The molecule has 3 amide bonds. The molecule has 5 heteroatoms. The molecule has 0 saturated carbocycles. The van der Waals surface area contributed by atoms with E-state index in [9.17, 15) is 14.4 Å². The molecular weight excluding hydrogens is 244 g/mol. The molecule has 0 bridgehead atoms. The third kappa shape index (κ3) is 5.68. The van der Waals surface area contributed by atoms with Gasteiger partial charge >= 0.3 is 0 Å². The van der Waals surface area contributed by atoms with Crippen molar-refractivity contribution >= 4 is 17.7 Å². The van der Waals surface area contributed by atoms with Gasteiger partial charge in [0, 0.05) is 31.7 Å². The van der Waals surface area contributed by atoms with Crippen molar-refractivity contribution in [1.29, 1.82) is 0 Å². The first-order valence-electron chi connectivity index (χ1n) is 6.95. The van der Waals surface area contributed by atoms with Crippen LogP contribution in [0.3, 0.4) is 0 Å². The van der Waals surface area contributed by atoms with E-state index in [1.807, 2.05) is 0 Å². The second-order valence-electron chi connectivity index (χ2n) is 4.68. The van der Waals surface area contributed by atoms with E-state index in [4.69, 9.17) is 0 Å². The van der Waals surface area contributed by atoms with Crippen LogP contribution < -0.4 is 5.32 Å². The van der Waals surface area contributed by atoms with Gasteiger partial charge in [-0.15, -0.1) is 0 Å². The molecule has 1 aliphatic rings. The van der Waals surface area contributed by atoms with Crippen molar-refractivity contribution in [3.8, 4) is 0 Å². The third-order valence-electron chi connectivity index (χ3n) is 3.04. The number of carbonyl (C=O) groups is 3. The van der Waals surface area contributed by atoms with E-state index in [2.05, 4.69) is 12.2 Å². The minimum Gasteiger partial charge on any atom is -0.356 e. The Bertz CT molecular complexity index is 346. The van der Waals surface area contributed by atoms with Crippen LogP contribution in [0, 0.1) is 0 Å². The molecule has 0 saturated heterocycles. The van der Waals surface area contributed by atoms with Crippen LogP contribution in [-0.4, -0.2) is 35.7 Å². The van der Waals surface area contributed by atoms with Gasteiger partial charge in [0.25, 0.3) is 11.8 Å². The maximum atomic E-state index is 11.5. The predicted molar refractivity (Wildman–Crippen MR) is 72.2 cm³/mol. The summed E-state index contributed by atoms with van der Waals surface area (Å²) in [5.74, 6) is -0.585. The van der Waals surface area contributed by atoms with Crippen LogP contribution in [0.2, 0.25) is 0 Å². The molecule has 0 aliphatic carbocycles. The summed E-state index contributed by atoms with van der Waals surface area (Å²) < 4.78 is 0. The number of unbranched alkanes of at least 4 members (excludes halogenated alkanes) is 3. The molecule has 106 valence electrons. The second kappa shape index (κ2) is 8.45. The highest BCUT2D eigenvalue weighted by molar-refractivity contribution is 6.12. The Morgan fingerprint density at radius 3 is 2.42 bits per heavy atom. The molecule has 0 aromatic carbocycles. The summed E-state index contributed by atoms with van der Waals surface area (Å²) in [6.45, 7) is 3.17. The van der Waals surface area contributed by atoms with E-state index in [0.29, 0.717) is 25.9 Å². The zero-order valence-corrected chi connectivity index (χ0v) is 11.5. The minimum absolute atomic E-state index is 0.0106. The van der Waals surface area contributed by atoms with Crippen LogP contribution in [-0.2, 0) is 14.4 Å². The molecule has 1 N–H and O–H groups in total. The minimum atomic E-state index is -0.287. The predicted octanol–water partition coefficient (Wildman–Crippen LogP) is 1.39. The highest BCUT2D eigenvalue weighted by Gasteiger charge is 2.22. The number of rotatable bonds is 9. The van der Waals surface area contributed by atoms with Crippen molar-refractivity contribution < 1.29 is 14.4 Å². The average molecular weight is 266 g/mol. The lowest BCUT2D eigenvalue weighted by atomic mass is 10.2. The summed E-state index contributed by atoms with van der Waals surface area (Å²) in [4.78, 5) is 35.2. The van der Waals surface area contributed by atoms with Gasteiger partial charge in [-0.1, -0.05) is 26.2 Å². The quantitative estimate of drug-likeness (QED) is 0.506. The summed E-state index contributed by atoms with van der Waals surface area (Å²) in [6.07, 6.45) is 7.91. The van der Waals surface area contributed by atoms with Gasteiger partial charge in [0.1, 0.15) is 0 Å². The Morgan fingerprint density at radius 2 is 1.79 bits per heavy atom. The van der Waals surface area contributed by atoms with Crippen molar-refractivity contribution in [2.75, 3.05) is 13.1 Å². The number of nitrogens with zero attached hydrogens (tertiary/aromatic N) is 1. The van der Waals surface area contributed by atoms with E-state index in [-0.39, 0.29) is 17.7 Å². The van der Waals surface area contributed by atoms with Crippen LogP contribution in [0.25, 0.3) is 0 Å². The summed E-state index contributed by atoms with van der Waals surface area (Å²) >= 11 is 0. The molecule has 0 radical (unpaired) electrons. The summed E-state index contributed by atoms with van der Waals surface area (Å²) in [6, 6.07) is 0. The number of nitrogens with one attached hydrogen (secondary N) is 1. The van der Waals surface area contributed by atoms with E-state index in [1.165, 1.54) is 25.0 Å². The van der Waals surface area contributed by atoms with Gasteiger partial charge in [-0.2, -0.15) is 0 Å². The number of hydrogen-bond acceptors (Lipinski definition) is 3. The lowest BCUT2D eigenvalue weighted by molar-refractivity contribution is -0.137. The lowest BCUT2D eigenvalue weighted by Crippen LogP contribution is -2.32.